The third kappa shape index (κ3) is 5.23. The Morgan fingerprint density at radius 1 is 1.10 bits per heavy atom. The quantitative estimate of drug-likeness (QED) is 0.623. The standard InChI is InChI=1S/C21H24N8O.ClH/c1-28-6-3-7-29(9-8-28)16-4-5-17(19(10-16)30-2)18-11-20(27-26-18)25-21-14-23-15(12-22)13-24-21;/h4-5,10-11,13-14H,3,6-9H2,1-2H3,(H2,24,25,26,27);1H. The van der Waals surface area contributed by atoms with Crippen molar-refractivity contribution in [2.45, 2.75) is 6.42 Å². The zero-order chi connectivity index (χ0) is 20.9. The van der Waals surface area contributed by atoms with Crippen molar-refractivity contribution in [3.63, 3.8) is 0 Å². The summed E-state index contributed by atoms with van der Waals surface area (Å²) in [5.41, 5.74) is 3.19. The fourth-order valence-electron chi connectivity index (χ4n) is 3.51. The van der Waals surface area contributed by atoms with Crippen LogP contribution in [0.25, 0.3) is 11.3 Å². The summed E-state index contributed by atoms with van der Waals surface area (Å²) in [6.45, 7) is 4.22. The van der Waals surface area contributed by atoms with Crippen molar-refractivity contribution in [1.29, 1.82) is 5.26 Å². The van der Waals surface area contributed by atoms with Gasteiger partial charge in [0, 0.05) is 43.0 Å². The molecular weight excluding hydrogens is 416 g/mol. The summed E-state index contributed by atoms with van der Waals surface area (Å²) in [6.07, 6.45) is 4.06. The molecule has 2 aromatic heterocycles. The van der Waals surface area contributed by atoms with Crippen LogP contribution >= 0.6 is 12.4 Å². The molecule has 3 heterocycles. The first-order valence-corrected chi connectivity index (χ1v) is 9.83. The summed E-state index contributed by atoms with van der Waals surface area (Å²) in [7, 11) is 3.85. The molecule has 162 valence electrons. The number of likely N-dealkylation sites (N-methyl/N-ethyl adjacent to an activating group) is 1. The molecule has 0 atom stereocenters. The topological polar surface area (TPSA) is 106 Å². The lowest BCUT2D eigenvalue weighted by Crippen LogP contribution is -2.28. The van der Waals surface area contributed by atoms with Gasteiger partial charge in [-0.05, 0) is 32.1 Å². The average Bonchev–Trinajstić information content (AvgIpc) is 3.13. The molecule has 9 nitrogen and oxygen atoms in total. The SMILES string of the molecule is COc1cc(N2CCCN(C)CC2)ccc1-c1cc(Nc2cnc(C#N)cn2)n[nH]1.Cl. The molecule has 1 fully saturated rings. The van der Waals surface area contributed by atoms with Crippen molar-refractivity contribution in [3.8, 4) is 23.1 Å². The summed E-state index contributed by atoms with van der Waals surface area (Å²) in [5.74, 6) is 1.91. The fraction of sp³-hybridized carbons (Fsp3) is 0.333. The second-order valence-corrected chi connectivity index (χ2v) is 7.22. The second kappa shape index (κ2) is 10.1. The molecule has 0 bridgehead atoms. The van der Waals surface area contributed by atoms with Crippen LogP contribution in [0.3, 0.4) is 0 Å². The van der Waals surface area contributed by atoms with Gasteiger partial charge in [0.05, 0.1) is 25.2 Å². The van der Waals surface area contributed by atoms with Gasteiger partial charge in [0.2, 0.25) is 0 Å². The molecule has 0 radical (unpaired) electrons. The number of aromatic nitrogens is 4. The van der Waals surface area contributed by atoms with Crippen LogP contribution < -0.4 is 15.0 Å². The molecular formula is C21H25ClN8O. The summed E-state index contributed by atoms with van der Waals surface area (Å²) >= 11 is 0. The van der Waals surface area contributed by atoms with Gasteiger partial charge in [-0.2, -0.15) is 10.4 Å². The number of ether oxygens (including phenoxy) is 1. The van der Waals surface area contributed by atoms with Gasteiger partial charge < -0.3 is 19.9 Å². The number of aromatic amines is 1. The van der Waals surface area contributed by atoms with Crippen molar-refractivity contribution in [1.82, 2.24) is 25.1 Å². The monoisotopic (exact) mass is 440 g/mol. The molecule has 10 heteroatoms. The summed E-state index contributed by atoms with van der Waals surface area (Å²) in [5, 5.41) is 19.2. The molecule has 31 heavy (non-hydrogen) atoms. The van der Waals surface area contributed by atoms with Crippen molar-refractivity contribution in [2.75, 3.05) is 50.6 Å². The van der Waals surface area contributed by atoms with Crippen LogP contribution in [-0.4, -0.2) is 65.4 Å². The zero-order valence-corrected chi connectivity index (χ0v) is 18.3. The Hall–Kier alpha value is -3.35. The molecule has 1 aliphatic rings. The van der Waals surface area contributed by atoms with E-state index in [1.54, 1.807) is 7.11 Å². The minimum atomic E-state index is 0. The van der Waals surface area contributed by atoms with Gasteiger partial charge in [-0.1, -0.05) is 0 Å². The van der Waals surface area contributed by atoms with E-state index in [-0.39, 0.29) is 18.1 Å². The van der Waals surface area contributed by atoms with Gasteiger partial charge in [-0.15, -0.1) is 12.4 Å². The van der Waals surface area contributed by atoms with Gasteiger partial charge in [-0.3, -0.25) is 5.10 Å². The van der Waals surface area contributed by atoms with Crippen molar-refractivity contribution in [3.05, 3.63) is 42.4 Å². The number of hydrogen-bond donors (Lipinski definition) is 2. The van der Waals surface area contributed by atoms with Crippen molar-refractivity contribution < 1.29 is 4.74 Å². The lowest BCUT2D eigenvalue weighted by molar-refractivity contribution is 0.360. The van der Waals surface area contributed by atoms with E-state index in [9.17, 15) is 0 Å². The molecule has 4 rings (SSSR count). The second-order valence-electron chi connectivity index (χ2n) is 7.22. The maximum Gasteiger partial charge on any atom is 0.158 e. The first-order valence-electron chi connectivity index (χ1n) is 9.83. The predicted molar refractivity (Wildman–Crippen MR) is 122 cm³/mol. The number of methoxy groups -OCH3 is 1. The largest absolute Gasteiger partial charge is 0.496 e. The first-order chi connectivity index (χ1) is 14.7. The Bertz CT molecular complexity index is 1050. The highest BCUT2D eigenvalue weighted by Gasteiger charge is 2.16. The van der Waals surface area contributed by atoms with Crippen LogP contribution in [0.15, 0.2) is 36.7 Å². The number of benzene rings is 1. The smallest absolute Gasteiger partial charge is 0.158 e. The Labute approximate surface area is 187 Å². The highest BCUT2D eigenvalue weighted by Crippen LogP contribution is 2.34. The van der Waals surface area contributed by atoms with E-state index in [2.05, 4.69) is 60.5 Å². The fourth-order valence-corrected chi connectivity index (χ4v) is 3.51. The van der Waals surface area contributed by atoms with Crippen molar-refractivity contribution >= 4 is 29.7 Å². The first kappa shape index (κ1) is 22.3. The van der Waals surface area contributed by atoms with Crippen LogP contribution in [0.2, 0.25) is 0 Å². The van der Waals surface area contributed by atoms with Gasteiger partial charge in [-0.25, -0.2) is 9.97 Å². The van der Waals surface area contributed by atoms with Gasteiger partial charge in [0.15, 0.2) is 11.5 Å². The Kier molecular flexibility index (Phi) is 7.28. The van der Waals surface area contributed by atoms with E-state index in [4.69, 9.17) is 10.00 Å². The number of nitrogens with zero attached hydrogens (tertiary/aromatic N) is 6. The minimum Gasteiger partial charge on any atom is -0.496 e. The lowest BCUT2D eigenvalue weighted by atomic mass is 10.1. The van der Waals surface area contributed by atoms with E-state index in [0.29, 0.717) is 11.6 Å². The van der Waals surface area contributed by atoms with Gasteiger partial charge >= 0.3 is 0 Å². The van der Waals surface area contributed by atoms with Crippen molar-refractivity contribution in [2.24, 2.45) is 0 Å². The van der Waals surface area contributed by atoms with Crippen LogP contribution in [0.5, 0.6) is 5.75 Å². The summed E-state index contributed by atoms with van der Waals surface area (Å²) in [4.78, 5) is 12.9. The van der Waals surface area contributed by atoms with E-state index in [0.717, 1.165) is 55.3 Å². The third-order valence-corrected chi connectivity index (χ3v) is 5.16. The molecule has 3 aromatic rings. The third-order valence-electron chi connectivity index (χ3n) is 5.16. The van der Waals surface area contributed by atoms with Crippen LogP contribution in [0.1, 0.15) is 12.1 Å². The molecule has 0 amide bonds. The maximum absolute atomic E-state index is 8.82. The minimum absolute atomic E-state index is 0. The normalized spacial score (nSPS) is 14.3. The van der Waals surface area contributed by atoms with Crippen LogP contribution in [0, 0.1) is 11.3 Å². The maximum atomic E-state index is 8.82. The molecule has 1 saturated heterocycles. The number of hydrogen-bond acceptors (Lipinski definition) is 8. The van der Waals surface area contributed by atoms with E-state index in [1.807, 2.05) is 12.1 Å². The lowest BCUT2D eigenvalue weighted by Gasteiger charge is -2.24. The summed E-state index contributed by atoms with van der Waals surface area (Å²) < 4.78 is 5.68. The Morgan fingerprint density at radius 2 is 1.97 bits per heavy atom. The van der Waals surface area contributed by atoms with Crippen LogP contribution in [-0.2, 0) is 0 Å². The molecule has 0 aliphatic carbocycles. The van der Waals surface area contributed by atoms with E-state index >= 15 is 0 Å². The Balaban J connectivity index is 0.00000272. The number of nitrogens with one attached hydrogen (secondary N) is 2. The molecule has 2 N–H and O–H groups in total. The van der Waals surface area contributed by atoms with E-state index in [1.165, 1.54) is 12.4 Å². The summed E-state index contributed by atoms with van der Waals surface area (Å²) in [6, 6.07) is 10.1. The molecule has 1 aromatic carbocycles. The van der Waals surface area contributed by atoms with Crippen LogP contribution in [0.4, 0.5) is 17.3 Å². The van der Waals surface area contributed by atoms with Gasteiger partial charge in [0.1, 0.15) is 17.6 Å². The number of anilines is 3. The number of halogens is 1. The molecule has 0 spiro atoms. The number of H-pyrrole nitrogens is 1. The zero-order valence-electron chi connectivity index (χ0n) is 17.5. The average molecular weight is 441 g/mol. The molecule has 1 aliphatic heterocycles. The molecule has 0 saturated carbocycles. The number of nitriles is 1. The van der Waals surface area contributed by atoms with Gasteiger partial charge in [0.25, 0.3) is 0 Å². The Morgan fingerprint density at radius 3 is 2.71 bits per heavy atom. The van der Waals surface area contributed by atoms with E-state index < -0.39 is 0 Å². The predicted octanol–water partition coefficient (Wildman–Crippen LogP) is 3.05. The highest BCUT2D eigenvalue weighted by molar-refractivity contribution is 5.85. The molecule has 0 unspecified atom stereocenters. The highest BCUT2D eigenvalue weighted by atomic mass is 35.5. The number of rotatable bonds is 5.